The normalized spacial score (nSPS) is 40.8. The highest BCUT2D eigenvalue weighted by molar-refractivity contribution is 5.74. The third-order valence-corrected chi connectivity index (χ3v) is 5.88. The zero-order valence-corrected chi connectivity index (χ0v) is 12.0. The van der Waals surface area contributed by atoms with Crippen LogP contribution in [0.5, 0.6) is 0 Å². The molecule has 19 heavy (non-hydrogen) atoms. The van der Waals surface area contributed by atoms with E-state index in [9.17, 15) is 10.1 Å². The zero-order valence-electron chi connectivity index (χ0n) is 12.0. The monoisotopic (exact) mass is 260 g/mol. The molecule has 4 saturated carbocycles. The van der Waals surface area contributed by atoms with E-state index >= 15 is 0 Å². The van der Waals surface area contributed by atoms with E-state index in [0.29, 0.717) is 24.3 Å². The predicted octanol–water partition coefficient (Wildman–Crippen LogP) is 2.82. The van der Waals surface area contributed by atoms with Crippen molar-refractivity contribution < 1.29 is 4.79 Å². The van der Waals surface area contributed by atoms with Crippen LogP contribution in [-0.4, -0.2) is 23.4 Å². The number of carbonyl (C=O) groups excluding carboxylic acids is 1. The maximum Gasteiger partial charge on any atom is 0.220 e. The van der Waals surface area contributed by atoms with Gasteiger partial charge in [-0.15, -0.1) is 0 Å². The number of nitriles is 1. The minimum Gasteiger partial charge on any atom is -0.327 e. The van der Waals surface area contributed by atoms with Gasteiger partial charge < -0.3 is 4.90 Å². The highest BCUT2D eigenvalue weighted by Gasteiger charge is 2.51. The summed E-state index contributed by atoms with van der Waals surface area (Å²) in [4.78, 5) is 13.6. The molecule has 0 aromatic carbocycles. The quantitative estimate of drug-likeness (QED) is 0.783. The Hall–Kier alpha value is -1.04. The van der Waals surface area contributed by atoms with Crippen molar-refractivity contribution in [2.75, 3.05) is 6.54 Å². The fraction of sp³-hybridized carbons (Fsp3) is 0.875. The highest BCUT2D eigenvalue weighted by atomic mass is 16.2. The predicted molar refractivity (Wildman–Crippen MR) is 73.0 cm³/mol. The van der Waals surface area contributed by atoms with Crippen LogP contribution in [-0.2, 0) is 4.79 Å². The molecule has 3 heteroatoms. The van der Waals surface area contributed by atoms with Crippen LogP contribution in [0.25, 0.3) is 0 Å². The Labute approximate surface area is 116 Å². The lowest BCUT2D eigenvalue weighted by atomic mass is 9.50. The first-order chi connectivity index (χ1) is 9.13. The molecule has 0 heterocycles. The Morgan fingerprint density at radius 3 is 2.11 bits per heavy atom. The summed E-state index contributed by atoms with van der Waals surface area (Å²) >= 11 is 0. The van der Waals surface area contributed by atoms with Crippen LogP contribution in [0.4, 0.5) is 0 Å². The molecule has 4 bridgehead atoms. The molecule has 1 atom stereocenters. The van der Waals surface area contributed by atoms with Crippen molar-refractivity contribution in [1.29, 1.82) is 5.26 Å². The van der Waals surface area contributed by atoms with E-state index in [0.717, 1.165) is 11.8 Å². The number of hydrogen-bond acceptors (Lipinski definition) is 2. The van der Waals surface area contributed by atoms with E-state index < -0.39 is 0 Å². The molecule has 0 N–H and O–H groups in total. The van der Waals surface area contributed by atoms with E-state index in [1.54, 1.807) is 11.8 Å². The van der Waals surface area contributed by atoms with Gasteiger partial charge in [-0.2, -0.15) is 5.26 Å². The smallest absolute Gasteiger partial charge is 0.220 e. The number of rotatable bonds is 3. The molecule has 1 amide bonds. The molecule has 0 saturated heterocycles. The van der Waals surface area contributed by atoms with Crippen LogP contribution in [0.2, 0.25) is 0 Å². The third kappa shape index (κ3) is 2.06. The lowest BCUT2D eigenvalue weighted by molar-refractivity contribution is -0.134. The van der Waals surface area contributed by atoms with Gasteiger partial charge in [0.05, 0.1) is 6.07 Å². The summed E-state index contributed by atoms with van der Waals surface area (Å²) in [5, 5.41) is 9.62. The molecule has 4 aliphatic rings. The third-order valence-electron chi connectivity index (χ3n) is 5.88. The lowest BCUT2D eigenvalue weighted by Gasteiger charge is -2.56. The summed E-state index contributed by atoms with van der Waals surface area (Å²) in [7, 11) is 0. The maximum absolute atomic E-state index is 11.8. The van der Waals surface area contributed by atoms with Gasteiger partial charge in [0, 0.05) is 13.5 Å². The molecule has 0 aromatic heterocycles. The van der Waals surface area contributed by atoms with Crippen molar-refractivity contribution in [1.82, 2.24) is 4.90 Å². The van der Waals surface area contributed by atoms with Crippen molar-refractivity contribution in [2.24, 2.45) is 29.6 Å². The summed E-state index contributed by atoms with van der Waals surface area (Å²) in [5.74, 6) is 3.75. The lowest BCUT2D eigenvalue weighted by Crippen LogP contribution is -2.54. The molecule has 4 rings (SSSR count). The molecule has 0 aromatic rings. The summed E-state index contributed by atoms with van der Waals surface area (Å²) in [6.07, 6.45) is 6.67. The summed E-state index contributed by atoms with van der Waals surface area (Å²) in [6.45, 7) is 4.25. The second-order valence-corrected chi connectivity index (χ2v) is 6.89. The summed E-state index contributed by atoms with van der Waals surface area (Å²) < 4.78 is 0. The van der Waals surface area contributed by atoms with Crippen molar-refractivity contribution in [3.05, 3.63) is 0 Å². The fourth-order valence-corrected chi connectivity index (χ4v) is 5.46. The molecule has 4 fully saturated rings. The van der Waals surface area contributed by atoms with Crippen LogP contribution < -0.4 is 0 Å². The average molecular weight is 260 g/mol. The van der Waals surface area contributed by atoms with Crippen molar-refractivity contribution in [3.8, 4) is 6.07 Å². The van der Waals surface area contributed by atoms with E-state index in [2.05, 4.69) is 6.07 Å². The Bertz CT molecular complexity index is 383. The SMILES string of the molecule is CCN(C(C)=O)C(C#N)C1C2CC3CC(C2)CC1C3. The summed E-state index contributed by atoms with van der Waals surface area (Å²) in [6, 6.07) is 2.28. The zero-order chi connectivity index (χ0) is 13.6. The first kappa shape index (κ1) is 13.0. The molecule has 4 aliphatic carbocycles. The number of carbonyl (C=O) groups is 1. The van der Waals surface area contributed by atoms with Gasteiger partial charge in [-0.3, -0.25) is 4.79 Å². The first-order valence-corrected chi connectivity index (χ1v) is 7.80. The van der Waals surface area contributed by atoms with Gasteiger partial charge in [-0.25, -0.2) is 0 Å². The van der Waals surface area contributed by atoms with Crippen molar-refractivity contribution >= 4 is 5.91 Å². The van der Waals surface area contributed by atoms with E-state index in [1.807, 2.05) is 6.92 Å². The molecule has 0 radical (unpaired) electrons. The molecule has 3 nitrogen and oxygen atoms in total. The van der Waals surface area contributed by atoms with Gasteiger partial charge in [0.15, 0.2) is 0 Å². The second-order valence-electron chi connectivity index (χ2n) is 6.89. The minimum absolute atomic E-state index is 0.0582. The Balaban J connectivity index is 1.84. The van der Waals surface area contributed by atoms with Crippen molar-refractivity contribution in [2.45, 2.75) is 52.0 Å². The van der Waals surface area contributed by atoms with Gasteiger partial charge in [0.25, 0.3) is 0 Å². The second kappa shape index (κ2) is 4.81. The van der Waals surface area contributed by atoms with Gasteiger partial charge in [-0.05, 0) is 68.6 Å². The standard InChI is InChI=1S/C16H24N2O/c1-3-18(10(2)19)15(9-17)16-13-5-11-4-12(7-13)8-14(16)6-11/h11-16H,3-8H2,1-2H3. The summed E-state index contributed by atoms with van der Waals surface area (Å²) in [5.41, 5.74) is 0. The first-order valence-electron chi connectivity index (χ1n) is 7.80. The Kier molecular flexibility index (Phi) is 3.28. The number of hydrogen-bond donors (Lipinski definition) is 0. The minimum atomic E-state index is -0.183. The van der Waals surface area contributed by atoms with Crippen LogP contribution >= 0.6 is 0 Å². The van der Waals surface area contributed by atoms with Gasteiger partial charge in [-0.1, -0.05) is 0 Å². The van der Waals surface area contributed by atoms with Gasteiger partial charge >= 0.3 is 0 Å². The molecular formula is C16H24N2O. The van der Waals surface area contributed by atoms with Crippen LogP contribution in [0.15, 0.2) is 0 Å². The van der Waals surface area contributed by atoms with Crippen LogP contribution in [0.3, 0.4) is 0 Å². The van der Waals surface area contributed by atoms with Crippen molar-refractivity contribution in [3.63, 3.8) is 0 Å². The van der Waals surface area contributed by atoms with Gasteiger partial charge in [0.2, 0.25) is 5.91 Å². The van der Waals surface area contributed by atoms with E-state index in [-0.39, 0.29) is 11.9 Å². The van der Waals surface area contributed by atoms with Crippen LogP contribution in [0, 0.1) is 40.9 Å². The topological polar surface area (TPSA) is 44.1 Å². The van der Waals surface area contributed by atoms with Crippen LogP contribution in [0.1, 0.15) is 46.0 Å². The average Bonchev–Trinajstić information content (AvgIpc) is 2.35. The number of nitrogens with zero attached hydrogens (tertiary/aromatic N) is 2. The molecule has 0 spiro atoms. The fourth-order valence-electron chi connectivity index (χ4n) is 5.46. The molecule has 104 valence electrons. The number of amides is 1. The Morgan fingerprint density at radius 2 is 1.74 bits per heavy atom. The largest absolute Gasteiger partial charge is 0.327 e. The Morgan fingerprint density at radius 1 is 1.21 bits per heavy atom. The molecular weight excluding hydrogens is 236 g/mol. The molecule has 0 aliphatic heterocycles. The van der Waals surface area contributed by atoms with Gasteiger partial charge in [0.1, 0.15) is 6.04 Å². The van der Waals surface area contributed by atoms with E-state index in [4.69, 9.17) is 0 Å². The molecule has 1 unspecified atom stereocenters. The van der Waals surface area contributed by atoms with E-state index in [1.165, 1.54) is 32.1 Å². The highest BCUT2D eigenvalue weighted by Crippen LogP contribution is 2.57. The maximum atomic E-state index is 11.8.